The minimum Gasteiger partial charge on any atom is -0.392 e. The van der Waals surface area contributed by atoms with Crippen LogP contribution in [0.15, 0.2) is 34.9 Å². The van der Waals surface area contributed by atoms with E-state index in [1.807, 2.05) is 11.0 Å². The molecule has 6 nitrogen and oxygen atoms in total. The summed E-state index contributed by atoms with van der Waals surface area (Å²) in [5.74, 6) is 1.30. The Kier molecular flexibility index (Phi) is 4.92. The van der Waals surface area contributed by atoms with E-state index in [1.54, 1.807) is 12.3 Å². The van der Waals surface area contributed by atoms with Gasteiger partial charge in [0.25, 0.3) is 0 Å². The van der Waals surface area contributed by atoms with E-state index >= 15 is 0 Å². The molecule has 0 aliphatic carbocycles. The summed E-state index contributed by atoms with van der Waals surface area (Å²) in [7, 11) is 0. The van der Waals surface area contributed by atoms with Gasteiger partial charge in [0.05, 0.1) is 17.7 Å². The molecule has 0 atom stereocenters. The normalized spacial score (nSPS) is 15.5. The number of nitrogens with one attached hydrogen (secondary N) is 1. The van der Waals surface area contributed by atoms with Crippen LogP contribution in [0.5, 0.6) is 0 Å². The van der Waals surface area contributed by atoms with E-state index in [0.29, 0.717) is 47.6 Å². The van der Waals surface area contributed by atoms with Gasteiger partial charge in [0.2, 0.25) is 5.95 Å². The molecule has 28 heavy (non-hydrogen) atoms. The minimum atomic E-state index is -4.42. The van der Waals surface area contributed by atoms with Gasteiger partial charge in [-0.25, -0.2) is 9.97 Å². The van der Waals surface area contributed by atoms with Crippen LogP contribution in [-0.4, -0.2) is 46.2 Å². The number of aromatic amines is 1. The topological polar surface area (TPSA) is 68.3 Å². The van der Waals surface area contributed by atoms with Gasteiger partial charge in [-0.3, -0.25) is 0 Å². The maximum absolute atomic E-state index is 13.0. The van der Waals surface area contributed by atoms with Crippen LogP contribution >= 0.6 is 15.9 Å². The van der Waals surface area contributed by atoms with Crippen molar-refractivity contribution in [2.75, 3.05) is 36.0 Å². The Hall–Kier alpha value is -2.33. The molecule has 0 bridgehead atoms. The van der Waals surface area contributed by atoms with Gasteiger partial charge in [0, 0.05) is 42.4 Å². The lowest BCUT2D eigenvalue weighted by atomic mass is 10.2. The van der Waals surface area contributed by atoms with Crippen molar-refractivity contribution >= 4 is 38.7 Å². The number of aliphatic hydroxyl groups is 1. The molecule has 0 amide bonds. The zero-order valence-corrected chi connectivity index (χ0v) is 16.3. The summed E-state index contributed by atoms with van der Waals surface area (Å²) in [5, 5.41) is 9.49. The number of aliphatic hydroxyl groups excluding tert-OH is 1. The highest BCUT2D eigenvalue weighted by atomic mass is 79.9. The monoisotopic (exact) mass is 455 g/mol. The summed E-state index contributed by atoms with van der Waals surface area (Å²) in [6, 6.07) is 5.74. The lowest BCUT2D eigenvalue weighted by Gasteiger charge is -2.35. The number of alkyl halides is 3. The van der Waals surface area contributed by atoms with E-state index < -0.39 is 11.7 Å². The number of hydrogen-bond donors (Lipinski definition) is 2. The van der Waals surface area contributed by atoms with Crippen molar-refractivity contribution < 1.29 is 18.3 Å². The summed E-state index contributed by atoms with van der Waals surface area (Å²) in [4.78, 5) is 15.9. The zero-order chi connectivity index (χ0) is 19.9. The fraction of sp³-hybridized carbons (Fsp3) is 0.333. The fourth-order valence-corrected chi connectivity index (χ4v) is 3.89. The molecule has 3 heterocycles. The summed E-state index contributed by atoms with van der Waals surface area (Å²) in [6.45, 7) is 2.50. The molecule has 0 saturated carbocycles. The van der Waals surface area contributed by atoms with Gasteiger partial charge in [-0.1, -0.05) is 6.07 Å². The number of benzene rings is 1. The van der Waals surface area contributed by atoms with Crippen LogP contribution in [0.4, 0.5) is 24.9 Å². The molecular formula is C18H17BrF3N5O. The zero-order valence-electron chi connectivity index (χ0n) is 14.7. The van der Waals surface area contributed by atoms with Gasteiger partial charge < -0.3 is 19.9 Å². The molecule has 1 fully saturated rings. The van der Waals surface area contributed by atoms with E-state index in [0.717, 1.165) is 23.5 Å². The molecule has 0 spiro atoms. The molecule has 148 valence electrons. The highest BCUT2D eigenvalue weighted by molar-refractivity contribution is 9.10. The van der Waals surface area contributed by atoms with Gasteiger partial charge >= 0.3 is 6.18 Å². The van der Waals surface area contributed by atoms with Crippen molar-refractivity contribution in [2.45, 2.75) is 12.8 Å². The Morgan fingerprint density at radius 1 is 1.14 bits per heavy atom. The van der Waals surface area contributed by atoms with Crippen LogP contribution in [0.3, 0.4) is 0 Å². The third-order valence-corrected chi connectivity index (χ3v) is 5.38. The number of imidazole rings is 1. The Balaban J connectivity index is 1.55. The first-order chi connectivity index (χ1) is 13.4. The predicted octanol–water partition coefficient (Wildman–Crippen LogP) is 3.56. The third-order valence-electron chi connectivity index (χ3n) is 4.77. The van der Waals surface area contributed by atoms with E-state index in [2.05, 4.69) is 35.8 Å². The molecule has 4 rings (SSSR count). The molecule has 1 saturated heterocycles. The van der Waals surface area contributed by atoms with Crippen LogP contribution < -0.4 is 9.80 Å². The first kappa shape index (κ1) is 19.0. The number of nitrogens with zero attached hydrogens (tertiary/aromatic N) is 4. The molecule has 1 aliphatic rings. The Bertz CT molecular complexity index is 999. The summed E-state index contributed by atoms with van der Waals surface area (Å²) in [5.41, 5.74) is 0.853. The number of fused-ring (bicyclic) bond motifs is 1. The maximum atomic E-state index is 13.0. The molecule has 1 aliphatic heterocycles. The van der Waals surface area contributed by atoms with E-state index in [1.165, 1.54) is 0 Å². The van der Waals surface area contributed by atoms with E-state index in [4.69, 9.17) is 0 Å². The average molecular weight is 456 g/mol. The molecule has 0 unspecified atom stereocenters. The highest BCUT2D eigenvalue weighted by Crippen LogP contribution is 2.35. The number of pyridine rings is 1. The number of halogens is 4. The SMILES string of the molecule is OCc1cccnc1N1CCN(c2nc3c(Br)cc(C(F)(F)F)cc3[nH]2)CC1. The number of H-pyrrole nitrogens is 1. The second-order valence-corrected chi connectivity index (χ2v) is 7.39. The van der Waals surface area contributed by atoms with Crippen molar-refractivity contribution in [3.05, 3.63) is 46.1 Å². The fourth-order valence-electron chi connectivity index (χ4n) is 3.34. The number of rotatable bonds is 3. The first-order valence-corrected chi connectivity index (χ1v) is 9.47. The van der Waals surface area contributed by atoms with Crippen LogP contribution in [0.25, 0.3) is 11.0 Å². The number of anilines is 2. The number of aromatic nitrogens is 3. The second kappa shape index (κ2) is 7.25. The van der Waals surface area contributed by atoms with Crippen molar-refractivity contribution in [1.29, 1.82) is 0 Å². The summed E-state index contributed by atoms with van der Waals surface area (Å²) < 4.78 is 39.4. The quantitative estimate of drug-likeness (QED) is 0.631. The van der Waals surface area contributed by atoms with Crippen molar-refractivity contribution in [3.63, 3.8) is 0 Å². The molecular weight excluding hydrogens is 439 g/mol. The summed E-state index contributed by atoms with van der Waals surface area (Å²) in [6.07, 6.45) is -2.73. The van der Waals surface area contributed by atoms with Crippen LogP contribution in [0.2, 0.25) is 0 Å². The number of hydrogen-bond acceptors (Lipinski definition) is 5. The van der Waals surface area contributed by atoms with Gasteiger partial charge in [-0.15, -0.1) is 0 Å². The Morgan fingerprint density at radius 2 is 1.86 bits per heavy atom. The van der Waals surface area contributed by atoms with Gasteiger partial charge in [0.15, 0.2) is 0 Å². The minimum absolute atomic E-state index is 0.0808. The van der Waals surface area contributed by atoms with E-state index in [9.17, 15) is 18.3 Å². The Labute approximate surface area is 167 Å². The van der Waals surface area contributed by atoms with Gasteiger partial charge in [0.1, 0.15) is 11.3 Å². The van der Waals surface area contributed by atoms with Gasteiger partial charge in [-0.05, 0) is 34.1 Å². The molecule has 3 aromatic rings. The van der Waals surface area contributed by atoms with Crippen LogP contribution in [-0.2, 0) is 12.8 Å². The standard InChI is InChI=1S/C18H17BrF3N5O/c19-13-8-12(18(20,21)22)9-14-15(13)25-17(24-14)27-6-4-26(5-7-27)16-11(10-28)2-1-3-23-16/h1-3,8-9,28H,4-7,10H2,(H,24,25). The summed E-state index contributed by atoms with van der Waals surface area (Å²) >= 11 is 3.19. The van der Waals surface area contributed by atoms with Crippen LogP contribution in [0, 0.1) is 0 Å². The molecule has 0 radical (unpaired) electrons. The molecule has 1 aromatic carbocycles. The average Bonchev–Trinajstić information content (AvgIpc) is 3.12. The van der Waals surface area contributed by atoms with Crippen molar-refractivity contribution in [2.24, 2.45) is 0 Å². The predicted molar refractivity (Wildman–Crippen MR) is 103 cm³/mol. The maximum Gasteiger partial charge on any atom is 0.416 e. The van der Waals surface area contributed by atoms with E-state index in [-0.39, 0.29) is 6.61 Å². The van der Waals surface area contributed by atoms with Crippen molar-refractivity contribution in [3.8, 4) is 0 Å². The third kappa shape index (κ3) is 3.53. The molecule has 2 N–H and O–H groups in total. The van der Waals surface area contributed by atoms with Gasteiger partial charge in [-0.2, -0.15) is 13.2 Å². The lowest BCUT2D eigenvalue weighted by molar-refractivity contribution is -0.137. The van der Waals surface area contributed by atoms with Crippen molar-refractivity contribution in [1.82, 2.24) is 15.0 Å². The highest BCUT2D eigenvalue weighted by Gasteiger charge is 2.32. The Morgan fingerprint density at radius 3 is 2.54 bits per heavy atom. The largest absolute Gasteiger partial charge is 0.416 e. The first-order valence-electron chi connectivity index (χ1n) is 8.68. The molecule has 10 heteroatoms. The smallest absolute Gasteiger partial charge is 0.392 e. The van der Waals surface area contributed by atoms with Crippen LogP contribution in [0.1, 0.15) is 11.1 Å². The molecule has 2 aromatic heterocycles. The lowest BCUT2D eigenvalue weighted by Crippen LogP contribution is -2.47. The number of piperazine rings is 1. The second-order valence-electron chi connectivity index (χ2n) is 6.53.